The molecule has 1 fully saturated rings. The molecule has 4 nitrogen and oxygen atoms in total. The zero-order valence-electron chi connectivity index (χ0n) is 9.80. The summed E-state index contributed by atoms with van der Waals surface area (Å²) >= 11 is 0. The summed E-state index contributed by atoms with van der Waals surface area (Å²) in [5.74, 6) is -0.529. The van der Waals surface area contributed by atoms with E-state index in [1.54, 1.807) is 0 Å². The van der Waals surface area contributed by atoms with E-state index in [0.717, 1.165) is 5.56 Å². The Morgan fingerprint density at radius 1 is 1.28 bits per heavy atom. The zero-order chi connectivity index (χ0) is 12.5. The van der Waals surface area contributed by atoms with Gasteiger partial charge in [-0.25, -0.2) is 4.79 Å². The van der Waals surface area contributed by atoms with Gasteiger partial charge in [-0.15, -0.1) is 0 Å². The molecule has 0 amide bonds. The molecule has 4 heteroatoms. The van der Waals surface area contributed by atoms with Gasteiger partial charge in [-0.1, -0.05) is 35.8 Å². The Labute approximate surface area is 104 Å². The van der Waals surface area contributed by atoms with E-state index in [1.807, 2.05) is 12.1 Å². The second-order valence-electron chi connectivity index (χ2n) is 4.63. The zero-order valence-corrected chi connectivity index (χ0v) is 9.80. The highest BCUT2D eigenvalue weighted by molar-refractivity contribution is 5.85. The van der Waals surface area contributed by atoms with Gasteiger partial charge in [0.05, 0.1) is 0 Å². The van der Waals surface area contributed by atoms with E-state index in [2.05, 4.69) is 17.3 Å². The molecule has 3 rings (SSSR count). The molecule has 1 aliphatic rings. The first-order valence-electron chi connectivity index (χ1n) is 6.04. The fraction of sp³-hybridized carbons (Fsp3) is 0.286. The summed E-state index contributed by atoms with van der Waals surface area (Å²) in [6.45, 7) is 0. The lowest BCUT2D eigenvalue weighted by Crippen LogP contribution is -2.08. The first-order chi connectivity index (χ1) is 8.74. The molecule has 2 aromatic rings. The molecule has 1 saturated carbocycles. The molecule has 1 N–H and O–H groups in total. The Kier molecular flexibility index (Phi) is 2.63. The third kappa shape index (κ3) is 1.90. The summed E-state index contributed by atoms with van der Waals surface area (Å²) < 4.78 is 4.74. The summed E-state index contributed by atoms with van der Waals surface area (Å²) in [6, 6.07) is 9.57. The highest BCUT2D eigenvalue weighted by Crippen LogP contribution is 2.36. The number of rotatable bonds is 3. The van der Waals surface area contributed by atoms with Gasteiger partial charge in [0.2, 0.25) is 5.76 Å². The topological polar surface area (TPSA) is 63.3 Å². The second kappa shape index (κ2) is 4.29. The van der Waals surface area contributed by atoms with Crippen LogP contribution >= 0.6 is 0 Å². The molecule has 0 spiro atoms. The number of nitrogens with zero attached hydrogens (tertiary/aromatic N) is 1. The Morgan fingerprint density at radius 2 is 2.00 bits per heavy atom. The van der Waals surface area contributed by atoms with Crippen LogP contribution in [0.15, 0.2) is 34.9 Å². The third-order valence-electron chi connectivity index (χ3n) is 3.50. The smallest absolute Gasteiger partial charge is 0.374 e. The predicted molar refractivity (Wildman–Crippen MR) is 65.5 cm³/mol. The summed E-state index contributed by atoms with van der Waals surface area (Å²) in [5.41, 5.74) is 2.80. The fourth-order valence-corrected chi connectivity index (χ4v) is 2.18. The van der Waals surface area contributed by atoms with Gasteiger partial charge in [0.15, 0.2) is 0 Å². The number of carboxylic acid groups (broad SMARTS) is 1. The normalized spacial score (nSPS) is 15.3. The summed E-state index contributed by atoms with van der Waals surface area (Å²) in [7, 11) is 0. The van der Waals surface area contributed by atoms with Crippen molar-refractivity contribution in [2.45, 2.75) is 25.2 Å². The minimum atomic E-state index is -1.10. The summed E-state index contributed by atoms with van der Waals surface area (Å²) in [6.07, 6.45) is 3.86. The molecule has 1 aromatic heterocycles. The number of hydrogen-bond acceptors (Lipinski definition) is 3. The van der Waals surface area contributed by atoms with Gasteiger partial charge in [0.25, 0.3) is 0 Å². The van der Waals surface area contributed by atoms with Gasteiger partial charge in [-0.05, 0) is 24.3 Å². The van der Waals surface area contributed by atoms with Crippen LogP contribution in [0.25, 0.3) is 11.3 Å². The van der Waals surface area contributed by atoms with E-state index in [4.69, 9.17) is 9.63 Å². The van der Waals surface area contributed by atoms with Crippen LogP contribution in [-0.4, -0.2) is 16.2 Å². The van der Waals surface area contributed by atoms with Gasteiger partial charge < -0.3 is 9.63 Å². The third-order valence-corrected chi connectivity index (χ3v) is 3.50. The van der Waals surface area contributed by atoms with Crippen molar-refractivity contribution < 1.29 is 14.4 Å². The molecule has 1 aliphatic carbocycles. The number of hydrogen-bond donors (Lipinski definition) is 1. The number of benzene rings is 1. The first kappa shape index (κ1) is 11.0. The van der Waals surface area contributed by atoms with Crippen molar-refractivity contribution in [1.82, 2.24) is 5.16 Å². The number of carboxylic acids is 1. The molecule has 0 aliphatic heterocycles. The average molecular weight is 243 g/mol. The van der Waals surface area contributed by atoms with Crippen LogP contribution in [-0.2, 0) is 0 Å². The van der Waals surface area contributed by atoms with Crippen LogP contribution in [0.1, 0.15) is 41.3 Å². The minimum absolute atomic E-state index is 0.131. The van der Waals surface area contributed by atoms with Crippen molar-refractivity contribution >= 4 is 5.97 Å². The largest absolute Gasteiger partial charge is 0.475 e. The van der Waals surface area contributed by atoms with Crippen LogP contribution in [0.3, 0.4) is 0 Å². The monoisotopic (exact) mass is 243 g/mol. The van der Waals surface area contributed by atoms with Gasteiger partial charge in [0.1, 0.15) is 5.69 Å². The molecular weight excluding hydrogens is 230 g/mol. The van der Waals surface area contributed by atoms with Gasteiger partial charge in [0, 0.05) is 11.6 Å². The van der Waals surface area contributed by atoms with Crippen molar-refractivity contribution in [2.75, 3.05) is 0 Å². The van der Waals surface area contributed by atoms with E-state index in [0.29, 0.717) is 11.6 Å². The van der Waals surface area contributed by atoms with E-state index in [1.165, 1.54) is 30.9 Å². The standard InChI is InChI=1S/C14H13NO3/c16-14(17)13-8-12(15-18-13)11-6-4-10(5-7-11)9-2-1-3-9/h4-9H,1-3H2,(H,16,17). The van der Waals surface area contributed by atoms with E-state index in [-0.39, 0.29) is 5.76 Å². The number of aromatic nitrogens is 1. The SMILES string of the molecule is O=C(O)c1cc(-c2ccc(C3CCC3)cc2)no1. The number of aromatic carboxylic acids is 1. The van der Waals surface area contributed by atoms with Crippen molar-refractivity contribution in [3.8, 4) is 11.3 Å². The Balaban J connectivity index is 1.84. The van der Waals surface area contributed by atoms with Crippen LogP contribution in [0.2, 0.25) is 0 Å². The lowest BCUT2D eigenvalue weighted by molar-refractivity contribution is 0.0652. The molecule has 0 atom stereocenters. The molecule has 92 valence electrons. The van der Waals surface area contributed by atoms with Gasteiger partial charge in [-0.3, -0.25) is 0 Å². The van der Waals surface area contributed by atoms with E-state index in [9.17, 15) is 4.79 Å². The molecule has 18 heavy (non-hydrogen) atoms. The molecule has 1 aromatic carbocycles. The molecule has 0 unspecified atom stereocenters. The fourth-order valence-electron chi connectivity index (χ4n) is 2.18. The average Bonchev–Trinajstić information content (AvgIpc) is 2.77. The van der Waals surface area contributed by atoms with Crippen molar-refractivity contribution in [3.63, 3.8) is 0 Å². The number of carbonyl (C=O) groups is 1. The maximum absolute atomic E-state index is 10.7. The maximum Gasteiger partial charge on any atom is 0.374 e. The highest BCUT2D eigenvalue weighted by atomic mass is 16.5. The van der Waals surface area contributed by atoms with E-state index >= 15 is 0 Å². The van der Waals surface area contributed by atoms with Gasteiger partial charge in [-0.2, -0.15) is 0 Å². The Hall–Kier alpha value is -2.10. The van der Waals surface area contributed by atoms with Crippen LogP contribution in [0.4, 0.5) is 0 Å². The van der Waals surface area contributed by atoms with Crippen molar-refractivity contribution in [2.24, 2.45) is 0 Å². The Morgan fingerprint density at radius 3 is 2.50 bits per heavy atom. The lowest BCUT2D eigenvalue weighted by Gasteiger charge is -2.25. The predicted octanol–water partition coefficient (Wildman–Crippen LogP) is 3.31. The lowest BCUT2D eigenvalue weighted by atomic mass is 9.80. The molecule has 0 saturated heterocycles. The van der Waals surface area contributed by atoms with Crippen LogP contribution in [0, 0.1) is 0 Å². The highest BCUT2D eigenvalue weighted by Gasteiger charge is 2.19. The minimum Gasteiger partial charge on any atom is -0.475 e. The quantitative estimate of drug-likeness (QED) is 0.898. The Bertz CT molecular complexity index is 567. The van der Waals surface area contributed by atoms with Crippen LogP contribution in [0.5, 0.6) is 0 Å². The summed E-state index contributed by atoms with van der Waals surface area (Å²) in [5, 5.41) is 12.5. The molecule has 1 heterocycles. The van der Waals surface area contributed by atoms with Crippen molar-refractivity contribution in [3.05, 3.63) is 41.7 Å². The van der Waals surface area contributed by atoms with E-state index < -0.39 is 5.97 Å². The van der Waals surface area contributed by atoms with Crippen molar-refractivity contribution in [1.29, 1.82) is 0 Å². The van der Waals surface area contributed by atoms with Crippen LogP contribution < -0.4 is 0 Å². The second-order valence-corrected chi connectivity index (χ2v) is 4.63. The maximum atomic E-state index is 10.7. The first-order valence-corrected chi connectivity index (χ1v) is 6.04. The molecule has 0 radical (unpaired) electrons. The summed E-state index contributed by atoms with van der Waals surface area (Å²) in [4.78, 5) is 10.7. The molecule has 0 bridgehead atoms. The van der Waals surface area contributed by atoms with Gasteiger partial charge >= 0.3 is 5.97 Å². The molecular formula is C14H13NO3.